The quantitative estimate of drug-likeness (QED) is 0.709. The van der Waals surface area contributed by atoms with E-state index >= 15 is 0 Å². The first-order valence-electron chi connectivity index (χ1n) is 10.3. The molecule has 0 aromatic heterocycles. The van der Waals surface area contributed by atoms with Gasteiger partial charge in [0.05, 0.1) is 18.7 Å². The highest BCUT2D eigenvalue weighted by Crippen LogP contribution is 2.28. The Morgan fingerprint density at radius 2 is 1.74 bits per heavy atom. The van der Waals surface area contributed by atoms with Crippen LogP contribution in [0.15, 0.2) is 41.6 Å². The molecule has 2 heterocycles. The van der Waals surface area contributed by atoms with Crippen LogP contribution in [0, 0.1) is 0 Å². The molecule has 3 amide bonds. The Balaban J connectivity index is 1.75. The second kappa shape index (κ2) is 9.38. The number of methoxy groups -OCH3 is 1. The number of carbonyl (C=O) groups is 3. The van der Waals surface area contributed by atoms with E-state index in [4.69, 9.17) is 9.47 Å². The average molecular weight is 431 g/mol. The maximum Gasteiger partial charge on any atom is 0.410 e. The number of ether oxygens (including phenoxy) is 2. The van der Waals surface area contributed by atoms with Crippen LogP contribution in [0.4, 0.5) is 9.59 Å². The second-order valence-electron chi connectivity index (χ2n) is 8.57. The molecule has 2 aliphatic heterocycles. The molecule has 0 aliphatic carbocycles. The van der Waals surface area contributed by atoms with Crippen LogP contribution in [0.3, 0.4) is 0 Å². The standard InChI is InChI=1S/C22H30N4O5/c1-22(2,3)31-21(29)26-12-10-25(11-13-26)14-16-17(19(27)30-4)18(24-20(28)23-16)15-8-6-5-7-9-15/h5-9,18H,10-14H2,1-4H3,(H2,23,24,28). The summed E-state index contributed by atoms with van der Waals surface area (Å²) in [6.07, 6.45) is -0.332. The highest BCUT2D eigenvalue weighted by atomic mass is 16.6. The van der Waals surface area contributed by atoms with E-state index in [9.17, 15) is 14.4 Å². The number of nitrogens with one attached hydrogen (secondary N) is 2. The summed E-state index contributed by atoms with van der Waals surface area (Å²) in [5.74, 6) is -0.497. The monoisotopic (exact) mass is 430 g/mol. The van der Waals surface area contributed by atoms with Crippen molar-refractivity contribution in [1.82, 2.24) is 20.4 Å². The first-order chi connectivity index (χ1) is 14.7. The molecular formula is C22H30N4O5. The van der Waals surface area contributed by atoms with Crippen LogP contribution in [0.25, 0.3) is 0 Å². The van der Waals surface area contributed by atoms with Crippen LogP contribution in [0.5, 0.6) is 0 Å². The molecule has 2 N–H and O–H groups in total. The molecule has 0 spiro atoms. The van der Waals surface area contributed by atoms with Crippen LogP contribution in [-0.2, 0) is 14.3 Å². The number of hydrogen-bond donors (Lipinski definition) is 2. The van der Waals surface area contributed by atoms with Crippen LogP contribution in [0.2, 0.25) is 0 Å². The molecule has 168 valence electrons. The number of piperazine rings is 1. The number of nitrogens with zero attached hydrogens (tertiary/aromatic N) is 2. The van der Waals surface area contributed by atoms with Gasteiger partial charge < -0.3 is 25.0 Å². The van der Waals surface area contributed by atoms with Gasteiger partial charge in [-0.05, 0) is 26.3 Å². The van der Waals surface area contributed by atoms with E-state index in [0.717, 1.165) is 5.56 Å². The minimum atomic E-state index is -0.597. The summed E-state index contributed by atoms with van der Waals surface area (Å²) in [5, 5.41) is 5.59. The SMILES string of the molecule is COC(=O)C1=C(CN2CCN(C(=O)OC(C)(C)C)CC2)NC(=O)NC1c1ccccc1. The number of hydrogen-bond acceptors (Lipinski definition) is 6. The summed E-state index contributed by atoms with van der Waals surface area (Å²) < 4.78 is 10.5. The fourth-order valence-electron chi connectivity index (χ4n) is 3.63. The van der Waals surface area contributed by atoms with E-state index in [0.29, 0.717) is 44.0 Å². The second-order valence-corrected chi connectivity index (χ2v) is 8.57. The minimum absolute atomic E-state index is 0.332. The lowest BCUT2D eigenvalue weighted by molar-refractivity contribution is -0.136. The number of urea groups is 1. The molecule has 3 rings (SSSR count). The van der Waals surface area contributed by atoms with Crippen molar-refractivity contribution >= 4 is 18.1 Å². The number of esters is 1. The van der Waals surface area contributed by atoms with Crippen molar-refractivity contribution in [3.05, 3.63) is 47.2 Å². The van der Waals surface area contributed by atoms with Gasteiger partial charge in [0.15, 0.2) is 0 Å². The van der Waals surface area contributed by atoms with Gasteiger partial charge in [-0.2, -0.15) is 0 Å². The molecule has 2 aliphatic rings. The topological polar surface area (TPSA) is 100 Å². The van der Waals surface area contributed by atoms with E-state index < -0.39 is 17.6 Å². The lowest BCUT2D eigenvalue weighted by Crippen LogP contribution is -2.53. The molecule has 9 nitrogen and oxygen atoms in total. The van der Waals surface area contributed by atoms with E-state index in [1.165, 1.54) is 7.11 Å². The lowest BCUT2D eigenvalue weighted by Gasteiger charge is -2.37. The van der Waals surface area contributed by atoms with Gasteiger partial charge in [-0.3, -0.25) is 4.90 Å². The van der Waals surface area contributed by atoms with E-state index in [1.54, 1.807) is 4.90 Å². The maximum absolute atomic E-state index is 12.6. The summed E-state index contributed by atoms with van der Waals surface area (Å²) in [7, 11) is 1.32. The molecule has 1 aromatic rings. The van der Waals surface area contributed by atoms with Gasteiger partial charge in [0.25, 0.3) is 0 Å². The van der Waals surface area contributed by atoms with Gasteiger partial charge in [-0.15, -0.1) is 0 Å². The third-order valence-corrected chi connectivity index (χ3v) is 5.10. The zero-order chi connectivity index (χ0) is 22.6. The van der Waals surface area contributed by atoms with Crippen molar-refractivity contribution in [3.8, 4) is 0 Å². The Hall–Kier alpha value is -3.07. The van der Waals surface area contributed by atoms with Gasteiger partial charge in [-0.1, -0.05) is 30.3 Å². The molecule has 1 aromatic carbocycles. The molecule has 1 unspecified atom stereocenters. The molecule has 31 heavy (non-hydrogen) atoms. The summed E-state index contributed by atoms with van der Waals surface area (Å²) in [4.78, 5) is 41.0. The molecule has 1 fully saturated rings. The number of amides is 3. The summed E-state index contributed by atoms with van der Waals surface area (Å²) in [6, 6.07) is 8.33. The van der Waals surface area contributed by atoms with E-state index in [2.05, 4.69) is 15.5 Å². The van der Waals surface area contributed by atoms with Crippen molar-refractivity contribution in [2.24, 2.45) is 0 Å². The van der Waals surface area contributed by atoms with Gasteiger partial charge >= 0.3 is 18.1 Å². The summed E-state index contributed by atoms with van der Waals surface area (Å²) >= 11 is 0. The fourth-order valence-corrected chi connectivity index (χ4v) is 3.63. The Morgan fingerprint density at radius 1 is 1.10 bits per heavy atom. The van der Waals surface area contributed by atoms with Crippen molar-refractivity contribution in [1.29, 1.82) is 0 Å². The molecule has 1 saturated heterocycles. The van der Waals surface area contributed by atoms with Crippen LogP contribution >= 0.6 is 0 Å². The Labute approximate surface area is 182 Å². The molecule has 0 bridgehead atoms. The van der Waals surface area contributed by atoms with Gasteiger partial charge in [0, 0.05) is 38.4 Å². The first-order valence-corrected chi connectivity index (χ1v) is 10.3. The fraction of sp³-hybridized carbons (Fsp3) is 0.500. The molecule has 1 atom stereocenters. The minimum Gasteiger partial charge on any atom is -0.466 e. The molecule has 0 saturated carbocycles. The van der Waals surface area contributed by atoms with E-state index in [1.807, 2.05) is 51.1 Å². The highest BCUT2D eigenvalue weighted by molar-refractivity contribution is 5.95. The van der Waals surface area contributed by atoms with Gasteiger partial charge in [0.1, 0.15) is 5.60 Å². The largest absolute Gasteiger partial charge is 0.466 e. The average Bonchev–Trinajstić information content (AvgIpc) is 2.72. The van der Waals surface area contributed by atoms with Crippen molar-refractivity contribution < 1.29 is 23.9 Å². The van der Waals surface area contributed by atoms with Crippen LogP contribution in [-0.4, -0.2) is 73.3 Å². The third kappa shape index (κ3) is 5.75. The van der Waals surface area contributed by atoms with Gasteiger partial charge in [0.2, 0.25) is 0 Å². The van der Waals surface area contributed by atoms with Crippen molar-refractivity contribution in [3.63, 3.8) is 0 Å². The Bertz CT molecular complexity index is 854. The zero-order valence-corrected chi connectivity index (χ0v) is 18.4. The molecule has 9 heteroatoms. The summed E-state index contributed by atoms with van der Waals surface area (Å²) in [5.41, 5.74) is 1.14. The first kappa shape index (κ1) is 22.6. The molecular weight excluding hydrogens is 400 g/mol. The Morgan fingerprint density at radius 3 is 2.32 bits per heavy atom. The third-order valence-electron chi connectivity index (χ3n) is 5.10. The normalized spacial score (nSPS) is 20.1. The predicted octanol–water partition coefficient (Wildman–Crippen LogP) is 2.02. The van der Waals surface area contributed by atoms with Crippen molar-refractivity contribution in [2.45, 2.75) is 32.4 Å². The number of carbonyl (C=O) groups excluding carboxylic acids is 3. The maximum atomic E-state index is 12.6. The number of benzene rings is 1. The van der Waals surface area contributed by atoms with Gasteiger partial charge in [-0.25, -0.2) is 14.4 Å². The highest BCUT2D eigenvalue weighted by Gasteiger charge is 2.35. The predicted molar refractivity (Wildman–Crippen MR) is 114 cm³/mol. The molecule has 0 radical (unpaired) electrons. The van der Waals surface area contributed by atoms with Crippen molar-refractivity contribution in [2.75, 3.05) is 39.8 Å². The van der Waals surface area contributed by atoms with Crippen LogP contribution in [0.1, 0.15) is 32.4 Å². The van der Waals surface area contributed by atoms with E-state index in [-0.39, 0.29) is 12.1 Å². The Kier molecular flexibility index (Phi) is 6.84. The lowest BCUT2D eigenvalue weighted by atomic mass is 9.95. The summed E-state index contributed by atoms with van der Waals surface area (Å²) in [6.45, 7) is 8.07. The zero-order valence-electron chi connectivity index (χ0n) is 18.4. The smallest absolute Gasteiger partial charge is 0.410 e. The van der Waals surface area contributed by atoms with Crippen LogP contribution < -0.4 is 10.6 Å². The number of rotatable bonds is 4.